The smallest absolute Gasteiger partial charge is 0.349 e. The van der Waals surface area contributed by atoms with Crippen LogP contribution in [0, 0.1) is 0 Å². The minimum absolute atomic E-state index is 0.177. The number of nitrogens with one attached hydrogen (secondary N) is 1. The molecule has 0 spiro atoms. The number of rotatable bonds is 8. The standard InChI is InChI=1S/C23H21N3O3S/c1-2-29-19-13-20(30-22(19)23(27)28)18-12-21(26-14-25-18)24-11-10-16-8-5-7-15-6-3-4-9-17(15)16/h3-9,12-14H,2,10-11H2,1H3,(H,27,28)(H,24,25,26). The number of anilines is 1. The Kier molecular flexibility index (Phi) is 5.90. The predicted octanol–water partition coefficient (Wildman–Crippen LogP) is 5.11. The van der Waals surface area contributed by atoms with Gasteiger partial charge in [-0.25, -0.2) is 14.8 Å². The lowest BCUT2D eigenvalue weighted by Crippen LogP contribution is -2.07. The maximum absolute atomic E-state index is 11.5. The molecule has 30 heavy (non-hydrogen) atoms. The number of carbonyl (C=O) groups is 1. The molecule has 0 radical (unpaired) electrons. The van der Waals surface area contributed by atoms with Crippen molar-refractivity contribution in [2.24, 2.45) is 0 Å². The largest absolute Gasteiger partial charge is 0.492 e. The molecule has 0 fully saturated rings. The number of carboxylic acid groups (broad SMARTS) is 1. The summed E-state index contributed by atoms with van der Waals surface area (Å²) in [4.78, 5) is 21.0. The second kappa shape index (κ2) is 8.92. The third kappa shape index (κ3) is 4.26. The lowest BCUT2D eigenvalue weighted by molar-refractivity contribution is 0.0698. The quantitative estimate of drug-likeness (QED) is 0.413. The number of hydrogen-bond acceptors (Lipinski definition) is 6. The van der Waals surface area contributed by atoms with Crippen molar-refractivity contribution < 1.29 is 14.6 Å². The van der Waals surface area contributed by atoms with Crippen LogP contribution in [0.4, 0.5) is 5.82 Å². The van der Waals surface area contributed by atoms with Crippen LogP contribution in [0.5, 0.6) is 5.75 Å². The highest BCUT2D eigenvalue weighted by Crippen LogP contribution is 2.36. The number of carboxylic acids is 1. The van der Waals surface area contributed by atoms with E-state index in [2.05, 4.69) is 51.7 Å². The SMILES string of the molecule is CCOc1cc(-c2cc(NCCc3cccc4ccccc34)ncn2)sc1C(=O)O. The molecule has 0 amide bonds. The van der Waals surface area contributed by atoms with Gasteiger partial charge >= 0.3 is 5.97 Å². The van der Waals surface area contributed by atoms with Gasteiger partial charge in [0.15, 0.2) is 4.88 Å². The molecule has 152 valence electrons. The van der Waals surface area contributed by atoms with Crippen molar-refractivity contribution in [2.75, 3.05) is 18.5 Å². The maximum atomic E-state index is 11.5. The monoisotopic (exact) mass is 419 g/mol. The van der Waals surface area contributed by atoms with Gasteiger partial charge in [-0.1, -0.05) is 42.5 Å². The van der Waals surface area contributed by atoms with Crippen LogP contribution in [-0.2, 0) is 6.42 Å². The van der Waals surface area contributed by atoms with E-state index in [0.29, 0.717) is 23.9 Å². The van der Waals surface area contributed by atoms with Crippen LogP contribution in [0.15, 0.2) is 60.9 Å². The van der Waals surface area contributed by atoms with E-state index in [4.69, 9.17) is 4.74 Å². The van der Waals surface area contributed by atoms with E-state index < -0.39 is 5.97 Å². The van der Waals surface area contributed by atoms with Gasteiger partial charge in [-0.3, -0.25) is 0 Å². The molecular formula is C23H21N3O3S. The summed E-state index contributed by atoms with van der Waals surface area (Å²) in [6.45, 7) is 2.95. The zero-order chi connectivity index (χ0) is 20.9. The van der Waals surface area contributed by atoms with Gasteiger partial charge in [-0.2, -0.15) is 0 Å². The Morgan fingerprint density at radius 2 is 1.97 bits per heavy atom. The fourth-order valence-corrected chi connectivity index (χ4v) is 4.24. The second-order valence-corrected chi connectivity index (χ2v) is 7.70. The van der Waals surface area contributed by atoms with E-state index in [9.17, 15) is 9.90 Å². The van der Waals surface area contributed by atoms with Gasteiger partial charge in [0.05, 0.1) is 17.2 Å². The van der Waals surface area contributed by atoms with Crippen LogP contribution in [0.2, 0.25) is 0 Å². The van der Waals surface area contributed by atoms with Crippen LogP contribution in [0.3, 0.4) is 0 Å². The Morgan fingerprint density at radius 1 is 1.13 bits per heavy atom. The first-order valence-electron chi connectivity index (χ1n) is 9.68. The Hall–Kier alpha value is -3.45. The molecule has 0 atom stereocenters. The first-order valence-corrected chi connectivity index (χ1v) is 10.5. The highest BCUT2D eigenvalue weighted by atomic mass is 32.1. The van der Waals surface area contributed by atoms with Gasteiger partial charge in [-0.15, -0.1) is 11.3 Å². The molecule has 0 aliphatic carbocycles. The van der Waals surface area contributed by atoms with Crippen molar-refractivity contribution in [1.82, 2.24) is 9.97 Å². The third-order valence-corrected chi connectivity index (χ3v) is 5.82. The van der Waals surface area contributed by atoms with Crippen molar-refractivity contribution in [3.8, 4) is 16.3 Å². The third-order valence-electron chi connectivity index (χ3n) is 4.69. The van der Waals surface area contributed by atoms with Crippen LogP contribution < -0.4 is 10.1 Å². The number of aromatic nitrogens is 2. The van der Waals surface area contributed by atoms with Gasteiger partial charge in [0.2, 0.25) is 0 Å². The molecule has 0 saturated carbocycles. The van der Waals surface area contributed by atoms with Crippen molar-refractivity contribution in [3.63, 3.8) is 0 Å². The molecule has 0 aliphatic rings. The van der Waals surface area contributed by atoms with Gasteiger partial charge < -0.3 is 15.2 Å². The fourth-order valence-electron chi connectivity index (χ4n) is 3.34. The van der Waals surface area contributed by atoms with Crippen LogP contribution in [-0.4, -0.2) is 34.2 Å². The molecule has 4 rings (SSSR count). The molecule has 2 N–H and O–H groups in total. The van der Waals surface area contributed by atoms with Gasteiger partial charge in [0, 0.05) is 18.7 Å². The highest BCUT2D eigenvalue weighted by Gasteiger charge is 2.18. The van der Waals surface area contributed by atoms with Crippen LogP contribution >= 0.6 is 11.3 Å². The summed E-state index contributed by atoms with van der Waals surface area (Å²) in [5.74, 6) is 0.0646. The number of thiophene rings is 1. The lowest BCUT2D eigenvalue weighted by atomic mass is 10.0. The number of hydrogen-bond donors (Lipinski definition) is 2. The zero-order valence-corrected chi connectivity index (χ0v) is 17.3. The molecule has 7 heteroatoms. The number of benzene rings is 2. The maximum Gasteiger partial charge on any atom is 0.349 e. The molecular weight excluding hydrogens is 398 g/mol. The summed E-state index contributed by atoms with van der Waals surface area (Å²) < 4.78 is 5.45. The molecule has 0 saturated heterocycles. The molecule has 2 aromatic heterocycles. The first kappa shape index (κ1) is 19.8. The van der Waals surface area contributed by atoms with Crippen LogP contribution in [0.25, 0.3) is 21.3 Å². The van der Waals surface area contributed by atoms with E-state index in [1.165, 1.54) is 22.7 Å². The Bertz CT molecular complexity index is 1180. The molecule has 2 aromatic carbocycles. The number of aromatic carboxylic acids is 1. The summed E-state index contributed by atoms with van der Waals surface area (Å²) in [7, 11) is 0. The van der Waals surface area contributed by atoms with Crippen molar-refractivity contribution in [1.29, 1.82) is 0 Å². The molecule has 6 nitrogen and oxygen atoms in total. The molecule has 0 aliphatic heterocycles. The molecule has 2 heterocycles. The van der Waals surface area contributed by atoms with E-state index >= 15 is 0 Å². The Morgan fingerprint density at radius 3 is 2.80 bits per heavy atom. The highest BCUT2D eigenvalue weighted by molar-refractivity contribution is 7.17. The second-order valence-electron chi connectivity index (χ2n) is 6.65. The molecule has 4 aromatic rings. The summed E-state index contributed by atoms with van der Waals surface area (Å²) in [5.41, 5.74) is 1.94. The molecule has 0 bridgehead atoms. The Balaban J connectivity index is 1.49. The van der Waals surface area contributed by atoms with E-state index in [0.717, 1.165) is 29.2 Å². The number of ether oxygens (including phenoxy) is 1. The first-order chi connectivity index (χ1) is 14.7. The topological polar surface area (TPSA) is 84.3 Å². The van der Waals surface area contributed by atoms with E-state index in [-0.39, 0.29) is 4.88 Å². The minimum atomic E-state index is -1.00. The summed E-state index contributed by atoms with van der Waals surface area (Å²) >= 11 is 1.15. The lowest BCUT2D eigenvalue weighted by Gasteiger charge is -2.09. The van der Waals surface area contributed by atoms with E-state index in [1.54, 1.807) is 6.07 Å². The zero-order valence-electron chi connectivity index (χ0n) is 16.5. The number of nitrogens with zero attached hydrogens (tertiary/aromatic N) is 2. The number of fused-ring (bicyclic) bond motifs is 1. The fraction of sp³-hybridized carbons (Fsp3) is 0.174. The van der Waals surface area contributed by atoms with Crippen molar-refractivity contribution >= 4 is 33.9 Å². The summed E-state index contributed by atoms with van der Waals surface area (Å²) in [5, 5.41) is 15.2. The average molecular weight is 420 g/mol. The van der Waals surface area contributed by atoms with Gasteiger partial charge in [0.25, 0.3) is 0 Å². The molecule has 0 unspecified atom stereocenters. The Labute approximate surface area is 178 Å². The normalized spacial score (nSPS) is 10.8. The van der Waals surface area contributed by atoms with Crippen molar-refractivity contribution in [3.05, 3.63) is 71.4 Å². The summed E-state index contributed by atoms with van der Waals surface area (Å²) in [6.07, 6.45) is 2.34. The van der Waals surface area contributed by atoms with Crippen LogP contribution in [0.1, 0.15) is 22.2 Å². The predicted molar refractivity (Wildman–Crippen MR) is 120 cm³/mol. The van der Waals surface area contributed by atoms with E-state index in [1.807, 2.05) is 19.1 Å². The summed E-state index contributed by atoms with van der Waals surface area (Å²) in [6, 6.07) is 18.2. The van der Waals surface area contributed by atoms with Gasteiger partial charge in [0.1, 0.15) is 17.9 Å². The average Bonchev–Trinajstić information content (AvgIpc) is 3.19. The van der Waals surface area contributed by atoms with Crippen molar-refractivity contribution in [2.45, 2.75) is 13.3 Å². The minimum Gasteiger partial charge on any atom is -0.492 e. The van der Waals surface area contributed by atoms with Gasteiger partial charge in [-0.05, 0) is 29.7 Å².